The fourth-order valence-corrected chi connectivity index (χ4v) is 4.96. The van der Waals surface area contributed by atoms with E-state index in [0.29, 0.717) is 25.6 Å². The van der Waals surface area contributed by atoms with Crippen molar-refractivity contribution in [2.45, 2.75) is 24.7 Å². The smallest absolute Gasteiger partial charge is 0.236 e. The molecule has 1 saturated heterocycles. The van der Waals surface area contributed by atoms with Crippen LogP contribution in [0.3, 0.4) is 0 Å². The summed E-state index contributed by atoms with van der Waals surface area (Å²) in [5.74, 6) is 0.360. The molecule has 2 heterocycles. The van der Waals surface area contributed by atoms with Crippen LogP contribution < -0.4 is 0 Å². The molecule has 0 saturated carbocycles. The molecule has 1 fully saturated rings. The van der Waals surface area contributed by atoms with Gasteiger partial charge in [0.15, 0.2) is 0 Å². The number of benzene rings is 2. The van der Waals surface area contributed by atoms with Crippen molar-refractivity contribution in [2.24, 2.45) is 0 Å². The van der Waals surface area contributed by atoms with E-state index in [2.05, 4.69) is 33.5 Å². The number of nitrogens with zero attached hydrogens (tertiary/aromatic N) is 4. The first-order chi connectivity index (χ1) is 15.0. The van der Waals surface area contributed by atoms with Crippen LogP contribution in [0, 0.1) is 5.82 Å². The average Bonchev–Trinajstić information content (AvgIpc) is 3.45. The molecule has 162 valence electrons. The van der Waals surface area contributed by atoms with Gasteiger partial charge in [-0.1, -0.05) is 53.9 Å². The highest BCUT2D eigenvalue weighted by Gasteiger charge is 2.38. The Morgan fingerprint density at radius 1 is 1.16 bits per heavy atom. The highest BCUT2D eigenvalue weighted by atomic mass is 32.1. The maximum absolute atomic E-state index is 13.4. The molecular formula is C24H27FN4OS. The van der Waals surface area contributed by atoms with Crippen molar-refractivity contribution in [3.05, 3.63) is 82.6 Å². The number of amides is 1. The van der Waals surface area contributed by atoms with E-state index in [-0.39, 0.29) is 23.6 Å². The Labute approximate surface area is 186 Å². The Morgan fingerprint density at radius 3 is 2.55 bits per heavy atom. The van der Waals surface area contributed by atoms with Crippen LogP contribution in [-0.2, 0) is 4.79 Å². The first kappa shape index (κ1) is 21.6. The third kappa shape index (κ3) is 5.17. The van der Waals surface area contributed by atoms with E-state index in [1.165, 1.54) is 29.2 Å². The number of likely N-dealkylation sites (tertiary alicyclic amines) is 1. The summed E-state index contributed by atoms with van der Waals surface area (Å²) in [5, 5.41) is 6.21. The van der Waals surface area contributed by atoms with E-state index in [0.717, 1.165) is 17.8 Å². The van der Waals surface area contributed by atoms with Crippen LogP contribution in [0.5, 0.6) is 0 Å². The molecule has 1 unspecified atom stereocenters. The minimum atomic E-state index is -0.254. The molecule has 0 aliphatic carbocycles. The van der Waals surface area contributed by atoms with Crippen molar-refractivity contribution in [3.8, 4) is 0 Å². The van der Waals surface area contributed by atoms with Crippen molar-refractivity contribution in [3.63, 3.8) is 0 Å². The maximum Gasteiger partial charge on any atom is 0.236 e. The second-order valence-corrected chi connectivity index (χ2v) is 9.01. The van der Waals surface area contributed by atoms with E-state index >= 15 is 0 Å². The highest BCUT2D eigenvalue weighted by molar-refractivity contribution is 7.03. The molecular weight excluding hydrogens is 411 g/mol. The molecule has 3 atom stereocenters. The van der Waals surface area contributed by atoms with Gasteiger partial charge in [-0.2, -0.15) is 0 Å². The molecule has 4 rings (SSSR count). The molecule has 0 bridgehead atoms. The highest BCUT2D eigenvalue weighted by Crippen LogP contribution is 2.39. The molecule has 5 nitrogen and oxygen atoms in total. The topological polar surface area (TPSA) is 49.3 Å². The fourth-order valence-electron chi connectivity index (χ4n) is 4.44. The Bertz CT molecular complexity index is 981. The summed E-state index contributed by atoms with van der Waals surface area (Å²) in [4.78, 5) is 17.1. The third-order valence-corrected chi connectivity index (χ3v) is 6.61. The Morgan fingerprint density at radius 2 is 1.87 bits per heavy atom. The second kappa shape index (κ2) is 9.66. The van der Waals surface area contributed by atoms with Gasteiger partial charge in [0.2, 0.25) is 5.91 Å². The molecule has 2 aromatic carbocycles. The molecule has 7 heteroatoms. The summed E-state index contributed by atoms with van der Waals surface area (Å²) in [6.45, 7) is 4.57. The van der Waals surface area contributed by atoms with Crippen LogP contribution in [0.4, 0.5) is 4.39 Å². The second-order valence-electron chi connectivity index (χ2n) is 8.40. The van der Waals surface area contributed by atoms with Crippen LogP contribution in [0.25, 0.3) is 0 Å². The van der Waals surface area contributed by atoms with Gasteiger partial charge in [0.25, 0.3) is 0 Å². The largest absolute Gasteiger partial charge is 0.340 e. The normalized spacial score (nSPS) is 19.7. The number of likely N-dealkylation sites (N-methyl/N-ethyl adjacent to an activating group) is 1. The average molecular weight is 439 g/mol. The maximum atomic E-state index is 13.4. The number of aromatic nitrogens is 2. The van der Waals surface area contributed by atoms with Gasteiger partial charge in [0.05, 0.1) is 12.2 Å². The molecule has 1 aromatic heterocycles. The lowest BCUT2D eigenvalue weighted by molar-refractivity contribution is -0.131. The van der Waals surface area contributed by atoms with Crippen molar-refractivity contribution >= 4 is 17.4 Å². The monoisotopic (exact) mass is 438 g/mol. The predicted molar refractivity (Wildman–Crippen MR) is 121 cm³/mol. The summed E-state index contributed by atoms with van der Waals surface area (Å²) in [6, 6.07) is 16.9. The van der Waals surface area contributed by atoms with E-state index in [1.54, 1.807) is 0 Å². The zero-order chi connectivity index (χ0) is 21.8. The van der Waals surface area contributed by atoms with Crippen LogP contribution in [0.1, 0.15) is 41.5 Å². The lowest BCUT2D eigenvalue weighted by atomic mass is 9.87. The molecule has 0 radical (unpaired) electrons. The Balaban J connectivity index is 1.42. The van der Waals surface area contributed by atoms with Gasteiger partial charge in [-0.25, -0.2) is 4.39 Å². The number of hydrogen-bond donors (Lipinski definition) is 0. The molecule has 31 heavy (non-hydrogen) atoms. The Kier molecular flexibility index (Phi) is 6.73. The van der Waals surface area contributed by atoms with Gasteiger partial charge >= 0.3 is 0 Å². The van der Waals surface area contributed by atoms with E-state index in [4.69, 9.17) is 0 Å². The van der Waals surface area contributed by atoms with Crippen LogP contribution in [-0.4, -0.2) is 58.5 Å². The minimum absolute atomic E-state index is 0.0710. The van der Waals surface area contributed by atoms with Crippen LogP contribution in [0.2, 0.25) is 0 Å². The minimum Gasteiger partial charge on any atom is -0.340 e. The van der Waals surface area contributed by atoms with Gasteiger partial charge < -0.3 is 4.90 Å². The molecule has 1 amide bonds. The molecule has 3 aromatic rings. The van der Waals surface area contributed by atoms with Gasteiger partial charge in [0, 0.05) is 36.9 Å². The van der Waals surface area contributed by atoms with Crippen molar-refractivity contribution < 1.29 is 9.18 Å². The summed E-state index contributed by atoms with van der Waals surface area (Å²) in [5.41, 5.74) is 3.21. The van der Waals surface area contributed by atoms with Crippen molar-refractivity contribution in [1.29, 1.82) is 0 Å². The van der Waals surface area contributed by atoms with E-state index in [9.17, 15) is 9.18 Å². The number of rotatable bonds is 7. The van der Waals surface area contributed by atoms with Gasteiger partial charge in [-0.15, -0.1) is 5.10 Å². The van der Waals surface area contributed by atoms with Gasteiger partial charge in [0.1, 0.15) is 5.82 Å². The molecule has 1 aliphatic heterocycles. The fraction of sp³-hybridized carbons (Fsp3) is 0.375. The SMILES string of the molecule is CC(CN(C)CC(=O)N1C[C@@H](c2ccc(F)cc2)[C@H](c2csnn2)C1)c1ccccc1. The number of carbonyl (C=O) groups excluding carboxylic acids is 1. The molecule has 0 N–H and O–H groups in total. The lowest BCUT2D eigenvalue weighted by Gasteiger charge is -2.24. The van der Waals surface area contributed by atoms with Gasteiger partial charge in [-0.3, -0.25) is 9.69 Å². The number of hydrogen-bond acceptors (Lipinski definition) is 5. The summed E-state index contributed by atoms with van der Waals surface area (Å²) in [7, 11) is 1.99. The van der Waals surface area contributed by atoms with Crippen molar-refractivity contribution in [2.75, 3.05) is 33.2 Å². The summed E-state index contributed by atoms with van der Waals surface area (Å²) < 4.78 is 17.4. The summed E-state index contributed by atoms with van der Waals surface area (Å²) >= 11 is 1.32. The third-order valence-electron chi connectivity index (χ3n) is 6.09. The van der Waals surface area contributed by atoms with Crippen LogP contribution >= 0.6 is 11.5 Å². The Hall–Kier alpha value is -2.64. The molecule has 0 spiro atoms. The summed E-state index contributed by atoms with van der Waals surface area (Å²) in [6.07, 6.45) is 0. The van der Waals surface area contributed by atoms with Gasteiger partial charge in [-0.05, 0) is 47.8 Å². The van der Waals surface area contributed by atoms with E-state index < -0.39 is 0 Å². The van der Waals surface area contributed by atoms with Crippen LogP contribution in [0.15, 0.2) is 60.0 Å². The zero-order valence-electron chi connectivity index (χ0n) is 17.8. The number of carbonyl (C=O) groups is 1. The lowest BCUT2D eigenvalue weighted by Crippen LogP contribution is -2.39. The standard InChI is InChI=1S/C24H27FN4OS/c1-17(18-6-4-3-5-7-18)12-28(2)15-24(30)29-13-21(19-8-10-20(25)11-9-19)22(14-29)23-16-31-27-26-23/h3-11,16-17,21-22H,12-15H2,1-2H3/t17?,21-,22+/m0/s1. The first-order valence-electron chi connectivity index (χ1n) is 10.5. The quantitative estimate of drug-likeness (QED) is 0.557. The molecule has 1 aliphatic rings. The first-order valence-corrected chi connectivity index (χ1v) is 11.4. The van der Waals surface area contributed by atoms with Crippen molar-refractivity contribution in [1.82, 2.24) is 19.4 Å². The predicted octanol–water partition coefficient (Wildman–Crippen LogP) is 4.12. The number of halogens is 1. The van der Waals surface area contributed by atoms with E-state index in [1.807, 2.05) is 47.7 Å². The zero-order valence-corrected chi connectivity index (χ0v) is 18.6.